The lowest BCUT2D eigenvalue weighted by molar-refractivity contribution is 0.0803. The van der Waals surface area contributed by atoms with Gasteiger partial charge in [-0.15, -0.1) is 11.3 Å². The van der Waals surface area contributed by atoms with Gasteiger partial charge in [-0.05, 0) is 26.7 Å². The highest BCUT2D eigenvalue weighted by Crippen LogP contribution is 2.32. The Kier molecular flexibility index (Phi) is 3.38. The standard InChI is InChI=1S/C11H18N2OS/c1-7(12)10-8(2)13-11(15-10)9-4-3-5-14-6-9/h7,9H,3-6,12H2,1-2H3. The molecule has 0 bridgehead atoms. The molecule has 1 fully saturated rings. The van der Waals surface area contributed by atoms with Gasteiger partial charge in [0.1, 0.15) is 0 Å². The van der Waals surface area contributed by atoms with Crippen LogP contribution in [0.15, 0.2) is 0 Å². The maximum Gasteiger partial charge on any atom is 0.0985 e. The molecule has 1 aliphatic rings. The Morgan fingerprint density at radius 2 is 2.40 bits per heavy atom. The molecule has 1 saturated heterocycles. The number of nitrogens with two attached hydrogens (primary N) is 1. The second-order valence-corrected chi connectivity index (χ2v) is 5.27. The van der Waals surface area contributed by atoms with Gasteiger partial charge >= 0.3 is 0 Å². The lowest BCUT2D eigenvalue weighted by Crippen LogP contribution is -2.15. The number of rotatable bonds is 2. The first-order valence-corrected chi connectivity index (χ1v) is 6.30. The number of aromatic nitrogens is 1. The molecular weight excluding hydrogens is 208 g/mol. The van der Waals surface area contributed by atoms with Gasteiger partial charge in [-0.3, -0.25) is 0 Å². The van der Waals surface area contributed by atoms with Crippen LogP contribution in [0.1, 0.15) is 47.3 Å². The molecule has 84 valence electrons. The van der Waals surface area contributed by atoms with Crippen LogP contribution in [0.5, 0.6) is 0 Å². The summed E-state index contributed by atoms with van der Waals surface area (Å²) in [5, 5.41) is 1.21. The van der Waals surface area contributed by atoms with E-state index in [0.29, 0.717) is 5.92 Å². The molecule has 2 heterocycles. The van der Waals surface area contributed by atoms with Crippen LogP contribution in [-0.2, 0) is 4.74 Å². The third-order valence-corrected chi connectivity index (χ3v) is 4.29. The molecule has 4 heteroatoms. The van der Waals surface area contributed by atoms with Crippen molar-refractivity contribution >= 4 is 11.3 Å². The predicted molar refractivity (Wildman–Crippen MR) is 62.2 cm³/mol. The second-order valence-electron chi connectivity index (χ2n) is 4.20. The molecule has 0 saturated carbocycles. The van der Waals surface area contributed by atoms with Gasteiger partial charge in [0.05, 0.1) is 17.3 Å². The monoisotopic (exact) mass is 226 g/mol. The summed E-state index contributed by atoms with van der Waals surface area (Å²) in [5.41, 5.74) is 6.99. The van der Waals surface area contributed by atoms with E-state index in [1.807, 2.05) is 13.8 Å². The van der Waals surface area contributed by atoms with E-state index in [-0.39, 0.29) is 6.04 Å². The summed E-state index contributed by atoms with van der Waals surface area (Å²) in [7, 11) is 0. The van der Waals surface area contributed by atoms with Crippen molar-refractivity contribution in [2.24, 2.45) is 5.73 Å². The SMILES string of the molecule is Cc1nc(C2CCCOC2)sc1C(C)N. The van der Waals surface area contributed by atoms with Gasteiger partial charge in [-0.25, -0.2) is 4.98 Å². The quantitative estimate of drug-likeness (QED) is 0.842. The minimum absolute atomic E-state index is 0.0979. The molecule has 1 aliphatic heterocycles. The minimum Gasteiger partial charge on any atom is -0.381 e. The average molecular weight is 226 g/mol. The van der Waals surface area contributed by atoms with Crippen molar-refractivity contribution in [3.05, 3.63) is 15.6 Å². The number of ether oxygens (including phenoxy) is 1. The van der Waals surface area contributed by atoms with Crippen LogP contribution in [0.3, 0.4) is 0 Å². The Morgan fingerprint density at radius 1 is 1.60 bits per heavy atom. The third-order valence-electron chi connectivity index (χ3n) is 2.77. The molecule has 2 N–H and O–H groups in total. The summed E-state index contributed by atoms with van der Waals surface area (Å²) < 4.78 is 5.48. The summed E-state index contributed by atoms with van der Waals surface area (Å²) in [4.78, 5) is 5.83. The average Bonchev–Trinajstić information content (AvgIpc) is 2.62. The first-order valence-electron chi connectivity index (χ1n) is 5.49. The van der Waals surface area contributed by atoms with E-state index in [0.717, 1.165) is 25.3 Å². The fraction of sp³-hybridized carbons (Fsp3) is 0.727. The largest absolute Gasteiger partial charge is 0.381 e. The molecule has 3 nitrogen and oxygen atoms in total. The lowest BCUT2D eigenvalue weighted by Gasteiger charge is -2.19. The summed E-state index contributed by atoms with van der Waals surface area (Å²) in [6.45, 7) is 5.79. The highest BCUT2D eigenvalue weighted by Gasteiger charge is 2.21. The maximum atomic E-state index is 5.90. The Hall–Kier alpha value is -0.450. The topological polar surface area (TPSA) is 48.1 Å². The highest BCUT2D eigenvalue weighted by atomic mass is 32.1. The van der Waals surface area contributed by atoms with Gasteiger partial charge in [-0.1, -0.05) is 0 Å². The van der Waals surface area contributed by atoms with E-state index < -0.39 is 0 Å². The van der Waals surface area contributed by atoms with Crippen LogP contribution >= 0.6 is 11.3 Å². The van der Waals surface area contributed by atoms with Crippen LogP contribution in [0, 0.1) is 6.92 Å². The van der Waals surface area contributed by atoms with Crippen LogP contribution < -0.4 is 5.73 Å². The van der Waals surface area contributed by atoms with E-state index in [1.165, 1.54) is 16.3 Å². The fourth-order valence-corrected chi connectivity index (χ4v) is 3.10. The molecule has 1 aromatic heterocycles. The van der Waals surface area contributed by atoms with Crippen molar-refractivity contribution in [2.45, 2.75) is 38.6 Å². The van der Waals surface area contributed by atoms with E-state index >= 15 is 0 Å². The lowest BCUT2D eigenvalue weighted by atomic mass is 10.0. The van der Waals surface area contributed by atoms with Gasteiger partial charge < -0.3 is 10.5 Å². The van der Waals surface area contributed by atoms with E-state index in [4.69, 9.17) is 10.5 Å². The molecule has 15 heavy (non-hydrogen) atoms. The van der Waals surface area contributed by atoms with Crippen molar-refractivity contribution in [3.8, 4) is 0 Å². The van der Waals surface area contributed by atoms with Gasteiger partial charge in [0.2, 0.25) is 0 Å². The van der Waals surface area contributed by atoms with Crippen molar-refractivity contribution < 1.29 is 4.74 Å². The Labute approximate surface area is 94.7 Å². The van der Waals surface area contributed by atoms with Gasteiger partial charge in [0, 0.05) is 23.4 Å². The molecule has 0 aliphatic carbocycles. The number of aryl methyl sites for hydroxylation is 1. The molecular formula is C11H18N2OS. The van der Waals surface area contributed by atoms with Crippen LogP contribution in [0.2, 0.25) is 0 Å². The van der Waals surface area contributed by atoms with Crippen molar-refractivity contribution in [1.29, 1.82) is 0 Å². The molecule has 0 radical (unpaired) electrons. The zero-order chi connectivity index (χ0) is 10.8. The zero-order valence-electron chi connectivity index (χ0n) is 9.32. The second kappa shape index (κ2) is 4.60. The first-order chi connectivity index (χ1) is 7.18. The Morgan fingerprint density at radius 3 is 2.93 bits per heavy atom. The number of hydrogen-bond donors (Lipinski definition) is 1. The minimum atomic E-state index is 0.0979. The molecule has 0 spiro atoms. The Bertz CT molecular complexity index is 329. The summed E-state index contributed by atoms with van der Waals surface area (Å²) in [6.07, 6.45) is 2.35. The maximum absolute atomic E-state index is 5.90. The molecule has 2 atom stereocenters. The highest BCUT2D eigenvalue weighted by molar-refractivity contribution is 7.11. The van der Waals surface area contributed by atoms with Crippen molar-refractivity contribution in [2.75, 3.05) is 13.2 Å². The zero-order valence-corrected chi connectivity index (χ0v) is 10.1. The van der Waals surface area contributed by atoms with Gasteiger partial charge in [0.25, 0.3) is 0 Å². The third kappa shape index (κ3) is 2.38. The summed E-state index contributed by atoms with van der Waals surface area (Å²) in [6, 6.07) is 0.0979. The molecule has 2 rings (SSSR count). The van der Waals surface area contributed by atoms with Gasteiger partial charge in [-0.2, -0.15) is 0 Å². The predicted octanol–water partition coefficient (Wildman–Crippen LogP) is 2.37. The Balaban J connectivity index is 2.17. The molecule has 0 aromatic carbocycles. The van der Waals surface area contributed by atoms with E-state index in [2.05, 4.69) is 4.98 Å². The molecule has 2 unspecified atom stereocenters. The normalized spacial score (nSPS) is 24.1. The van der Waals surface area contributed by atoms with Crippen LogP contribution in [-0.4, -0.2) is 18.2 Å². The van der Waals surface area contributed by atoms with Gasteiger partial charge in [0.15, 0.2) is 0 Å². The van der Waals surface area contributed by atoms with E-state index in [9.17, 15) is 0 Å². The van der Waals surface area contributed by atoms with E-state index in [1.54, 1.807) is 11.3 Å². The number of hydrogen-bond acceptors (Lipinski definition) is 4. The summed E-state index contributed by atoms with van der Waals surface area (Å²) >= 11 is 1.76. The molecule has 1 aromatic rings. The summed E-state index contributed by atoms with van der Waals surface area (Å²) in [5.74, 6) is 0.495. The number of nitrogens with zero attached hydrogens (tertiary/aromatic N) is 1. The number of thiazole rings is 1. The van der Waals surface area contributed by atoms with Crippen LogP contribution in [0.4, 0.5) is 0 Å². The first kappa shape index (κ1) is 11.0. The van der Waals surface area contributed by atoms with Crippen molar-refractivity contribution in [1.82, 2.24) is 4.98 Å². The van der Waals surface area contributed by atoms with Crippen LogP contribution in [0.25, 0.3) is 0 Å². The fourth-order valence-electron chi connectivity index (χ4n) is 1.96. The smallest absolute Gasteiger partial charge is 0.0985 e. The molecule has 0 amide bonds. The van der Waals surface area contributed by atoms with Crippen molar-refractivity contribution in [3.63, 3.8) is 0 Å².